The highest BCUT2D eigenvalue weighted by Crippen LogP contribution is 2.40. The molecule has 7 rings (SSSR count). The summed E-state index contributed by atoms with van der Waals surface area (Å²) in [6, 6.07) is 33.0. The molecule has 7 aromatic rings. The first-order valence-electron chi connectivity index (χ1n) is 12.1. The van der Waals surface area contributed by atoms with Crippen molar-refractivity contribution >= 4 is 62.3 Å². The van der Waals surface area contributed by atoms with Gasteiger partial charge in [-0.05, 0) is 73.8 Å². The van der Waals surface area contributed by atoms with Crippen LogP contribution in [-0.2, 0) is 0 Å². The zero-order valence-electron chi connectivity index (χ0n) is 20.1. The third-order valence-electron chi connectivity index (χ3n) is 6.89. The molecule has 0 bridgehead atoms. The first-order chi connectivity index (χ1) is 16.9. The van der Waals surface area contributed by atoms with Crippen LogP contribution in [0.25, 0.3) is 65.4 Å². The van der Waals surface area contributed by atoms with Gasteiger partial charge >= 0.3 is 0 Å². The van der Waals surface area contributed by atoms with Crippen molar-refractivity contribution in [3.63, 3.8) is 0 Å². The van der Waals surface area contributed by atoms with Gasteiger partial charge in [0.1, 0.15) is 19.2 Å². The molecule has 1 nitrogen and oxygen atoms in total. The van der Waals surface area contributed by atoms with Gasteiger partial charge in [-0.3, -0.25) is 0 Å². The van der Waals surface area contributed by atoms with E-state index in [1.165, 1.54) is 43.4 Å². The van der Waals surface area contributed by atoms with Crippen LogP contribution in [0.15, 0.2) is 95.4 Å². The monoisotopic (exact) mass is 464 g/mol. The standard InChI is InChI=1S/C33H24OSi/c1-35(2,3)18-17-21-7-15-30-28(19-21)29-20-25(12-16-31(29)34-30)26-13-10-24-9-8-22-5-4-6-23-11-14-27(26)33(24)32(22)23/h4-16,19-20H,1-3H3. The summed E-state index contributed by atoms with van der Waals surface area (Å²) in [7, 11) is -1.44. The van der Waals surface area contributed by atoms with Crippen molar-refractivity contribution in [1.82, 2.24) is 0 Å². The molecule has 166 valence electrons. The zero-order valence-corrected chi connectivity index (χ0v) is 21.1. The summed E-state index contributed by atoms with van der Waals surface area (Å²) in [5.74, 6) is 3.40. The number of fused-ring (bicyclic) bond motifs is 3. The Labute approximate surface area is 205 Å². The van der Waals surface area contributed by atoms with Gasteiger partial charge in [0.15, 0.2) is 0 Å². The third kappa shape index (κ3) is 3.24. The molecule has 0 unspecified atom stereocenters. The quantitative estimate of drug-likeness (QED) is 0.134. The lowest BCUT2D eigenvalue weighted by Crippen LogP contribution is -2.16. The topological polar surface area (TPSA) is 13.1 Å². The minimum Gasteiger partial charge on any atom is -0.456 e. The van der Waals surface area contributed by atoms with Gasteiger partial charge in [0.2, 0.25) is 0 Å². The van der Waals surface area contributed by atoms with Gasteiger partial charge in [-0.1, -0.05) is 86.2 Å². The Kier molecular flexibility index (Phi) is 4.19. The molecule has 35 heavy (non-hydrogen) atoms. The van der Waals surface area contributed by atoms with Crippen molar-refractivity contribution < 1.29 is 4.42 Å². The molecule has 0 aliphatic rings. The lowest BCUT2D eigenvalue weighted by molar-refractivity contribution is 0.669. The van der Waals surface area contributed by atoms with Gasteiger partial charge in [-0.25, -0.2) is 0 Å². The van der Waals surface area contributed by atoms with Crippen molar-refractivity contribution in [2.45, 2.75) is 19.6 Å². The molecule has 0 atom stereocenters. The summed E-state index contributed by atoms with van der Waals surface area (Å²) in [4.78, 5) is 0. The second-order valence-corrected chi connectivity index (χ2v) is 15.2. The minimum absolute atomic E-state index is 0.908. The van der Waals surface area contributed by atoms with E-state index in [4.69, 9.17) is 4.42 Å². The summed E-state index contributed by atoms with van der Waals surface area (Å²) in [5, 5.41) is 10.1. The van der Waals surface area contributed by atoms with Gasteiger partial charge in [0, 0.05) is 16.3 Å². The van der Waals surface area contributed by atoms with Crippen molar-refractivity contribution in [2.75, 3.05) is 0 Å². The summed E-state index contributed by atoms with van der Waals surface area (Å²) in [5.41, 5.74) is 8.81. The van der Waals surface area contributed by atoms with E-state index in [9.17, 15) is 0 Å². The van der Waals surface area contributed by atoms with Gasteiger partial charge in [0.25, 0.3) is 0 Å². The normalized spacial score (nSPS) is 12.2. The average molecular weight is 465 g/mol. The van der Waals surface area contributed by atoms with Crippen molar-refractivity contribution in [3.8, 4) is 22.6 Å². The average Bonchev–Trinajstić information content (AvgIpc) is 3.23. The Morgan fingerprint density at radius 1 is 0.600 bits per heavy atom. The molecular weight excluding hydrogens is 440 g/mol. The van der Waals surface area contributed by atoms with Gasteiger partial charge < -0.3 is 4.42 Å². The van der Waals surface area contributed by atoms with Crippen LogP contribution in [0.3, 0.4) is 0 Å². The molecule has 0 aliphatic heterocycles. The smallest absolute Gasteiger partial charge is 0.135 e. The molecule has 0 aliphatic carbocycles. The fourth-order valence-corrected chi connectivity index (χ4v) is 5.79. The molecule has 6 aromatic carbocycles. The van der Waals surface area contributed by atoms with Crippen LogP contribution >= 0.6 is 0 Å². The summed E-state index contributed by atoms with van der Waals surface area (Å²) in [6.45, 7) is 6.82. The fraction of sp³-hybridized carbons (Fsp3) is 0.0909. The Morgan fingerprint density at radius 3 is 2.03 bits per heavy atom. The van der Waals surface area contributed by atoms with E-state index >= 15 is 0 Å². The molecule has 0 fully saturated rings. The van der Waals surface area contributed by atoms with Crippen LogP contribution in [0.5, 0.6) is 0 Å². The first-order valence-corrected chi connectivity index (χ1v) is 15.6. The van der Waals surface area contributed by atoms with Crippen molar-refractivity contribution in [2.24, 2.45) is 0 Å². The number of hydrogen-bond donors (Lipinski definition) is 0. The van der Waals surface area contributed by atoms with Crippen LogP contribution in [0.4, 0.5) is 0 Å². The SMILES string of the molecule is C[Si](C)(C)C#Cc1ccc2oc3ccc(-c4ccc5ccc6cccc7ccc4c5c67)cc3c2c1. The second-order valence-electron chi connectivity index (χ2n) is 10.5. The van der Waals surface area contributed by atoms with Gasteiger partial charge in [0.05, 0.1) is 0 Å². The molecule has 1 heterocycles. The molecule has 0 saturated heterocycles. The number of hydrogen-bond acceptors (Lipinski definition) is 1. The van der Waals surface area contributed by atoms with E-state index in [-0.39, 0.29) is 0 Å². The van der Waals surface area contributed by atoms with E-state index in [0.717, 1.165) is 27.5 Å². The zero-order chi connectivity index (χ0) is 23.7. The highest BCUT2D eigenvalue weighted by atomic mass is 28.3. The molecule has 0 amide bonds. The molecular formula is C33H24OSi. The summed E-state index contributed by atoms with van der Waals surface area (Å²) >= 11 is 0. The first kappa shape index (κ1) is 20.3. The lowest BCUT2D eigenvalue weighted by Gasteiger charge is -2.14. The van der Waals surface area contributed by atoms with Crippen LogP contribution in [0.2, 0.25) is 19.6 Å². The lowest BCUT2D eigenvalue weighted by atomic mass is 9.89. The molecule has 0 saturated carbocycles. The molecule has 1 aromatic heterocycles. The van der Waals surface area contributed by atoms with E-state index in [0.29, 0.717) is 0 Å². The van der Waals surface area contributed by atoms with E-state index in [1.807, 2.05) is 0 Å². The van der Waals surface area contributed by atoms with E-state index in [2.05, 4.69) is 122 Å². The third-order valence-corrected chi connectivity index (χ3v) is 7.77. The van der Waals surface area contributed by atoms with Gasteiger partial charge in [-0.2, -0.15) is 0 Å². The Morgan fingerprint density at radius 2 is 1.26 bits per heavy atom. The van der Waals surface area contributed by atoms with Crippen molar-refractivity contribution in [1.29, 1.82) is 0 Å². The van der Waals surface area contributed by atoms with Crippen molar-refractivity contribution in [3.05, 3.63) is 96.6 Å². The largest absolute Gasteiger partial charge is 0.456 e. The highest BCUT2D eigenvalue weighted by molar-refractivity contribution is 6.83. The highest BCUT2D eigenvalue weighted by Gasteiger charge is 2.14. The van der Waals surface area contributed by atoms with Crippen LogP contribution in [0, 0.1) is 11.5 Å². The van der Waals surface area contributed by atoms with Gasteiger partial charge in [-0.15, -0.1) is 5.54 Å². The maximum atomic E-state index is 6.18. The fourth-order valence-electron chi connectivity index (χ4n) is 5.27. The van der Waals surface area contributed by atoms with Crippen LogP contribution in [-0.4, -0.2) is 8.07 Å². The second kappa shape index (κ2) is 7.22. The van der Waals surface area contributed by atoms with E-state index in [1.54, 1.807) is 0 Å². The maximum Gasteiger partial charge on any atom is 0.135 e. The number of furan rings is 1. The minimum atomic E-state index is -1.44. The molecule has 2 heteroatoms. The molecule has 0 radical (unpaired) electrons. The predicted octanol–water partition coefficient (Wildman–Crippen LogP) is 9.38. The molecule has 0 N–H and O–H groups in total. The number of benzene rings is 6. The van der Waals surface area contributed by atoms with E-state index < -0.39 is 8.07 Å². The number of rotatable bonds is 1. The maximum absolute atomic E-state index is 6.18. The Bertz CT molecular complexity index is 1970. The Hall–Kier alpha value is -4.06. The molecule has 0 spiro atoms. The predicted molar refractivity (Wildman–Crippen MR) is 153 cm³/mol. The summed E-state index contributed by atoms with van der Waals surface area (Å²) in [6.07, 6.45) is 0. The Balaban J connectivity index is 1.47. The summed E-state index contributed by atoms with van der Waals surface area (Å²) < 4.78 is 6.18. The van der Waals surface area contributed by atoms with Crippen LogP contribution < -0.4 is 0 Å². The van der Waals surface area contributed by atoms with Crippen LogP contribution in [0.1, 0.15) is 5.56 Å².